The van der Waals surface area contributed by atoms with Gasteiger partial charge in [0.2, 0.25) is 0 Å². The highest BCUT2D eigenvalue weighted by Gasteiger charge is 2.12. The molecule has 0 saturated carbocycles. The predicted molar refractivity (Wildman–Crippen MR) is 59.2 cm³/mol. The van der Waals surface area contributed by atoms with Crippen molar-refractivity contribution in [2.45, 2.75) is 9.10 Å². The molecule has 0 aliphatic rings. The summed E-state index contributed by atoms with van der Waals surface area (Å²) < 4.78 is 27.6. The second kappa shape index (κ2) is 4.20. The topological polar surface area (TPSA) is 26.0 Å². The van der Waals surface area contributed by atoms with Crippen molar-refractivity contribution in [1.82, 2.24) is 0 Å². The molecule has 0 aliphatic heterocycles. The van der Waals surface area contributed by atoms with Gasteiger partial charge in [-0.05, 0) is 23.6 Å². The Kier molecular flexibility index (Phi) is 2.93. The molecular formula is C10H7F2NS2. The van der Waals surface area contributed by atoms with E-state index in [1.54, 1.807) is 0 Å². The van der Waals surface area contributed by atoms with Gasteiger partial charge in [0, 0.05) is 5.69 Å². The van der Waals surface area contributed by atoms with Crippen LogP contribution in [0.3, 0.4) is 0 Å². The molecule has 78 valence electrons. The van der Waals surface area contributed by atoms with E-state index in [1.165, 1.54) is 11.3 Å². The highest BCUT2D eigenvalue weighted by molar-refractivity contribution is 8.01. The van der Waals surface area contributed by atoms with Gasteiger partial charge in [-0.1, -0.05) is 17.8 Å². The van der Waals surface area contributed by atoms with Gasteiger partial charge in [0.25, 0.3) is 0 Å². The molecule has 0 unspecified atom stereocenters. The Morgan fingerprint density at radius 3 is 2.40 bits per heavy atom. The van der Waals surface area contributed by atoms with Crippen LogP contribution in [0.5, 0.6) is 0 Å². The fourth-order valence-electron chi connectivity index (χ4n) is 1.10. The Morgan fingerprint density at radius 1 is 1.20 bits per heavy atom. The third-order valence-electron chi connectivity index (χ3n) is 1.72. The number of nitrogen functional groups attached to an aromatic ring is 1. The number of hydrogen-bond acceptors (Lipinski definition) is 3. The normalized spacial score (nSPS) is 10.5. The molecule has 1 heterocycles. The van der Waals surface area contributed by atoms with Crippen LogP contribution in [0, 0.1) is 11.6 Å². The fraction of sp³-hybridized carbons (Fsp3) is 0. The Bertz CT molecular complexity index is 445. The minimum absolute atomic E-state index is 0.00773. The number of anilines is 1. The maximum absolute atomic E-state index is 13.4. The molecule has 0 saturated heterocycles. The Labute approximate surface area is 93.9 Å². The van der Waals surface area contributed by atoms with Crippen molar-refractivity contribution < 1.29 is 8.78 Å². The van der Waals surface area contributed by atoms with Crippen LogP contribution in [-0.4, -0.2) is 0 Å². The van der Waals surface area contributed by atoms with E-state index >= 15 is 0 Å². The van der Waals surface area contributed by atoms with Crippen molar-refractivity contribution in [3.8, 4) is 0 Å². The van der Waals surface area contributed by atoms with Gasteiger partial charge in [-0.25, -0.2) is 8.78 Å². The first kappa shape index (κ1) is 10.4. The van der Waals surface area contributed by atoms with Gasteiger partial charge in [0.15, 0.2) is 0 Å². The maximum atomic E-state index is 13.4. The van der Waals surface area contributed by atoms with Gasteiger partial charge in [0.05, 0.1) is 9.10 Å². The third kappa shape index (κ3) is 2.30. The molecule has 0 radical (unpaired) electrons. The van der Waals surface area contributed by atoms with Crippen molar-refractivity contribution in [2.24, 2.45) is 0 Å². The summed E-state index contributed by atoms with van der Waals surface area (Å²) in [7, 11) is 0. The molecular weight excluding hydrogens is 236 g/mol. The van der Waals surface area contributed by atoms with E-state index in [2.05, 4.69) is 0 Å². The quantitative estimate of drug-likeness (QED) is 0.813. The van der Waals surface area contributed by atoms with E-state index in [4.69, 9.17) is 5.73 Å². The van der Waals surface area contributed by atoms with Crippen LogP contribution in [0.2, 0.25) is 0 Å². The summed E-state index contributed by atoms with van der Waals surface area (Å²) in [5.74, 6) is -1.24. The van der Waals surface area contributed by atoms with E-state index < -0.39 is 11.6 Å². The van der Waals surface area contributed by atoms with E-state index in [0.29, 0.717) is 0 Å². The minimum atomic E-state index is -0.620. The number of hydrogen-bond donors (Lipinski definition) is 1. The van der Waals surface area contributed by atoms with Crippen LogP contribution < -0.4 is 5.73 Å². The molecule has 2 aromatic rings. The second-order valence-electron chi connectivity index (χ2n) is 2.85. The second-order valence-corrected chi connectivity index (χ2v) is 5.11. The number of rotatable bonds is 2. The predicted octanol–water partition coefficient (Wildman–Crippen LogP) is 3.76. The molecule has 2 N–H and O–H groups in total. The Hall–Kier alpha value is -1.07. The van der Waals surface area contributed by atoms with E-state index in [1.807, 2.05) is 17.5 Å². The van der Waals surface area contributed by atoms with Crippen LogP contribution in [0.1, 0.15) is 0 Å². The molecule has 1 nitrogen and oxygen atoms in total. The van der Waals surface area contributed by atoms with Crippen LogP contribution >= 0.6 is 23.1 Å². The summed E-state index contributed by atoms with van der Waals surface area (Å²) in [6, 6.07) is 5.89. The molecule has 0 fully saturated rings. The highest BCUT2D eigenvalue weighted by atomic mass is 32.2. The van der Waals surface area contributed by atoms with Crippen molar-refractivity contribution in [3.63, 3.8) is 0 Å². The third-order valence-corrected chi connectivity index (χ3v) is 3.85. The lowest BCUT2D eigenvalue weighted by Gasteiger charge is -2.03. The Balaban J connectivity index is 2.36. The van der Waals surface area contributed by atoms with Gasteiger partial charge in [-0.15, -0.1) is 11.3 Å². The summed E-state index contributed by atoms with van der Waals surface area (Å²) in [5.41, 5.74) is 5.41. The first-order valence-electron chi connectivity index (χ1n) is 4.12. The van der Waals surface area contributed by atoms with Gasteiger partial charge in [-0.2, -0.15) is 0 Å². The van der Waals surface area contributed by atoms with Crippen LogP contribution in [0.15, 0.2) is 38.8 Å². The molecule has 0 bridgehead atoms. The molecule has 1 aromatic heterocycles. The van der Waals surface area contributed by atoms with Crippen molar-refractivity contribution in [3.05, 3.63) is 41.3 Å². The van der Waals surface area contributed by atoms with Crippen molar-refractivity contribution in [1.29, 1.82) is 0 Å². The van der Waals surface area contributed by atoms with E-state index in [9.17, 15) is 8.78 Å². The average molecular weight is 243 g/mol. The monoisotopic (exact) mass is 243 g/mol. The lowest BCUT2D eigenvalue weighted by Crippen LogP contribution is -1.92. The fourth-order valence-corrected chi connectivity index (χ4v) is 2.82. The molecule has 0 spiro atoms. The van der Waals surface area contributed by atoms with Crippen molar-refractivity contribution in [2.75, 3.05) is 5.73 Å². The number of nitrogens with two attached hydrogens (primary N) is 1. The minimum Gasteiger partial charge on any atom is -0.399 e. The molecule has 1 aromatic carbocycles. The molecule has 0 atom stereocenters. The zero-order chi connectivity index (χ0) is 10.8. The lowest BCUT2D eigenvalue weighted by molar-refractivity contribution is 0.542. The summed E-state index contributed by atoms with van der Waals surface area (Å²) in [4.78, 5) is -0.00773. The van der Waals surface area contributed by atoms with E-state index in [0.717, 1.165) is 28.1 Å². The van der Waals surface area contributed by atoms with Gasteiger partial charge < -0.3 is 5.73 Å². The average Bonchev–Trinajstić information content (AvgIpc) is 2.63. The first-order chi connectivity index (χ1) is 7.16. The number of halogens is 2. The van der Waals surface area contributed by atoms with Crippen molar-refractivity contribution >= 4 is 28.8 Å². The molecule has 0 amide bonds. The standard InChI is InChI=1S/C10H7F2NS2/c11-7-4-6(13)5-8(12)10(7)15-9-2-1-3-14-9/h1-5H,13H2. The van der Waals surface area contributed by atoms with Crippen LogP contribution in [-0.2, 0) is 0 Å². The maximum Gasteiger partial charge on any atom is 0.142 e. The highest BCUT2D eigenvalue weighted by Crippen LogP contribution is 2.35. The summed E-state index contributed by atoms with van der Waals surface area (Å²) >= 11 is 2.51. The van der Waals surface area contributed by atoms with Gasteiger partial charge in [0.1, 0.15) is 11.6 Å². The molecule has 15 heavy (non-hydrogen) atoms. The Morgan fingerprint density at radius 2 is 1.87 bits per heavy atom. The number of thiophene rings is 1. The smallest absolute Gasteiger partial charge is 0.142 e. The van der Waals surface area contributed by atoms with Gasteiger partial charge >= 0.3 is 0 Å². The van der Waals surface area contributed by atoms with Gasteiger partial charge in [-0.3, -0.25) is 0 Å². The summed E-state index contributed by atoms with van der Waals surface area (Å²) in [6.45, 7) is 0. The summed E-state index contributed by atoms with van der Waals surface area (Å²) in [6.07, 6.45) is 0. The SMILES string of the molecule is Nc1cc(F)c(Sc2cccs2)c(F)c1. The van der Waals surface area contributed by atoms with Crippen LogP contribution in [0.4, 0.5) is 14.5 Å². The largest absolute Gasteiger partial charge is 0.399 e. The molecule has 5 heteroatoms. The first-order valence-corrected chi connectivity index (χ1v) is 5.82. The van der Waals surface area contributed by atoms with E-state index in [-0.39, 0.29) is 10.6 Å². The lowest BCUT2D eigenvalue weighted by atomic mass is 10.3. The van der Waals surface area contributed by atoms with Crippen LogP contribution in [0.25, 0.3) is 0 Å². The molecule has 0 aliphatic carbocycles. The zero-order valence-electron chi connectivity index (χ0n) is 7.54. The zero-order valence-corrected chi connectivity index (χ0v) is 9.17. The number of benzene rings is 1. The summed E-state index contributed by atoms with van der Waals surface area (Å²) in [5, 5.41) is 1.86. The molecule has 2 rings (SSSR count).